The van der Waals surface area contributed by atoms with Gasteiger partial charge in [0.15, 0.2) is 0 Å². The molecule has 0 aliphatic heterocycles. The van der Waals surface area contributed by atoms with Crippen molar-refractivity contribution in [2.45, 2.75) is 279 Å². The van der Waals surface area contributed by atoms with Crippen LogP contribution < -0.4 is 0 Å². The van der Waals surface area contributed by atoms with Crippen LogP contribution in [0.5, 0.6) is 0 Å². The van der Waals surface area contributed by atoms with Crippen LogP contribution in [-0.2, 0) is 24.0 Å². The fourth-order valence-corrected chi connectivity index (χ4v) is 5.94. The Morgan fingerprint density at radius 1 is 0.262 bits per heavy atom. The van der Waals surface area contributed by atoms with Crippen LogP contribution in [0.25, 0.3) is 0 Å². The molecule has 0 unspecified atom stereocenters. The van der Waals surface area contributed by atoms with Crippen LogP contribution in [-0.4, -0.2) is 90.5 Å². The Bertz CT molecular complexity index is 896. The van der Waals surface area contributed by atoms with Gasteiger partial charge in [0.05, 0.1) is 19.8 Å². The van der Waals surface area contributed by atoms with Gasteiger partial charge in [0, 0.05) is 37.5 Å². The van der Waals surface area contributed by atoms with Gasteiger partial charge in [-0.2, -0.15) is 0 Å². The lowest BCUT2D eigenvalue weighted by atomic mass is 9.88. The summed E-state index contributed by atoms with van der Waals surface area (Å²) in [6, 6.07) is 0. The number of hydrogen-bond donors (Lipinski definition) is 8. The van der Waals surface area contributed by atoms with Crippen molar-refractivity contribution in [1.29, 1.82) is 0 Å². The Kier molecular flexibility index (Phi) is 74.4. The Morgan fingerprint density at radius 3 is 0.492 bits per heavy atom. The first-order valence-electron chi connectivity index (χ1n) is 26.0. The van der Waals surface area contributed by atoms with Crippen LogP contribution in [0.2, 0.25) is 0 Å². The van der Waals surface area contributed by atoms with E-state index in [1.165, 1.54) is 135 Å². The third-order valence-corrected chi connectivity index (χ3v) is 10.7. The number of aliphatic hydroxyl groups is 3. The van der Waals surface area contributed by atoms with Gasteiger partial charge in [-0.3, -0.25) is 24.0 Å². The SMILES string of the molecule is CCC(CO)(CO)CO.CCCCCCCC(=O)O.CCCCCCCC(=O)O.CCCCCCCC(=O)O.CCCCCCCCCC(=O)O.CCCCCCCCCCCC(=O)O. The summed E-state index contributed by atoms with van der Waals surface area (Å²) >= 11 is 0. The molecule has 0 saturated carbocycles. The average Bonchev–Trinajstić information content (AvgIpc) is 3.27. The highest BCUT2D eigenvalue weighted by atomic mass is 16.4. The number of carboxylic acids is 5. The van der Waals surface area contributed by atoms with Crippen molar-refractivity contribution < 1.29 is 64.8 Å². The fraction of sp³-hybridized carbons (Fsp3) is 0.904. The van der Waals surface area contributed by atoms with Crippen molar-refractivity contribution in [3.8, 4) is 0 Å². The molecule has 0 aliphatic carbocycles. The van der Waals surface area contributed by atoms with Gasteiger partial charge in [-0.15, -0.1) is 0 Å². The summed E-state index contributed by atoms with van der Waals surface area (Å²) in [7, 11) is 0. The zero-order valence-corrected chi connectivity index (χ0v) is 42.9. The van der Waals surface area contributed by atoms with E-state index in [0.29, 0.717) is 38.5 Å². The second-order valence-corrected chi connectivity index (χ2v) is 17.2. The first-order chi connectivity index (χ1) is 31.1. The topological polar surface area (TPSA) is 247 Å². The lowest BCUT2D eigenvalue weighted by molar-refractivity contribution is -0.138. The highest BCUT2D eigenvalue weighted by Crippen LogP contribution is 2.18. The van der Waals surface area contributed by atoms with Gasteiger partial charge >= 0.3 is 29.8 Å². The first kappa shape index (κ1) is 73.8. The largest absolute Gasteiger partial charge is 0.481 e. The minimum atomic E-state index is -0.670. The van der Waals surface area contributed by atoms with Crippen LogP contribution in [0.15, 0.2) is 0 Å². The van der Waals surface area contributed by atoms with E-state index in [2.05, 4.69) is 34.6 Å². The first-order valence-corrected chi connectivity index (χ1v) is 26.0. The molecular weight excluding hydrogens is 833 g/mol. The monoisotopic (exact) mass is 939 g/mol. The molecule has 0 aliphatic rings. The maximum Gasteiger partial charge on any atom is 0.303 e. The number of aliphatic hydroxyl groups excluding tert-OH is 3. The van der Waals surface area contributed by atoms with Crippen molar-refractivity contribution in [1.82, 2.24) is 0 Å². The van der Waals surface area contributed by atoms with Crippen molar-refractivity contribution >= 4 is 29.8 Å². The van der Waals surface area contributed by atoms with Gasteiger partial charge in [0.1, 0.15) is 0 Å². The van der Waals surface area contributed by atoms with Crippen LogP contribution in [0, 0.1) is 5.41 Å². The normalized spacial score (nSPS) is 10.2. The molecule has 0 spiro atoms. The van der Waals surface area contributed by atoms with Gasteiger partial charge in [-0.05, 0) is 38.5 Å². The predicted octanol–water partition coefficient (Wildman–Crippen LogP) is 13.9. The molecule has 0 heterocycles. The Balaban J connectivity index is -0.000000162. The maximum atomic E-state index is 10.2. The number of hydrogen-bond acceptors (Lipinski definition) is 8. The van der Waals surface area contributed by atoms with Crippen molar-refractivity contribution in [2.75, 3.05) is 19.8 Å². The summed E-state index contributed by atoms with van der Waals surface area (Å²) in [5.41, 5.74) is -0.667. The Labute approximate surface area is 398 Å². The summed E-state index contributed by atoms with van der Waals surface area (Å²) in [6.07, 6.45) is 38.4. The summed E-state index contributed by atoms with van der Waals surface area (Å²) in [5, 5.41) is 67.5. The third kappa shape index (κ3) is 85.1. The molecule has 0 aromatic rings. The second-order valence-electron chi connectivity index (χ2n) is 17.2. The Hall–Kier alpha value is -2.77. The van der Waals surface area contributed by atoms with Crippen LogP contribution in [0.3, 0.4) is 0 Å². The van der Waals surface area contributed by atoms with E-state index in [0.717, 1.165) is 64.2 Å². The summed E-state index contributed by atoms with van der Waals surface area (Å²) < 4.78 is 0. The number of aliphatic carboxylic acids is 5. The highest BCUT2D eigenvalue weighted by molar-refractivity contribution is 5.67. The number of rotatable bonds is 40. The predicted molar refractivity (Wildman–Crippen MR) is 267 cm³/mol. The van der Waals surface area contributed by atoms with E-state index in [-0.39, 0.29) is 19.8 Å². The lowest BCUT2D eigenvalue weighted by Gasteiger charge is -2.24. The molecule has 0 rings (SSSR count). The summed E-state index contributed by atoms with van der Waals surface area (Å²) in [5.74, 6) is -3.33. The van der Waals surface area contributed by atoms with Gasteiger partial charge in [0.2, 0.25) is 0 Å². The number of carbonyl (C=O) groups is 5. The van der Waals surface area contributed by atoms with Crippen molar-refractivity contribution in [2.24, 2.45) is 5.41 Å². The zero-order valence-electron chi connectivity index (χ0n) is 42.9. The molecule has 0 aromatic heterocycles. The molecule has 65 heavy (non-hydrogen) atoms. The zero-order chi connectivity index (χ0) is 50.7. The molecule has 13 heteroatoms. The number of unbranched alkanes of at least 4 members (excludes halogenated alkanes) is 26. The fourth-order valence-electron chi connectivity index (χ4n) is 5.94. The number of carboxylic acid groups (broad SMARTS) is 5. The molecule has 0 fully saturated rings. The molecule has 0 aromatic carbocycles. The van der Waals surface area contributed by atoms with E-state index >= 15 is 0 Å². The third-order valence-electron chi connectivity index (χ3n) is 10.7. The molecule has 0 saturated heterocycles. The van der Waals surface area contributed by atoms with Crippen LogP contribution in [0.4, 0.5) is 0 Å². The molecule has 8 N–H and O–H groups in total. The van der Waals surface area contributed by atoms with Gasteiger partial charge in [-0.1, -0.05) is 208 Å². The molecular formula is C52H106O13. The van der Waals surface area contributed by atoms with E-state index < -0.39 is 35.3 Å². The minimum Gasteiger partial charge on any atom is -0.481 e. The highest BCUT2D eigenvalue weighted by Gasteiger charge is 2.24. The summed E-state index contributed by atoms with van der Waals surface area (Å²) in [6.45, 7) is 12.2. The lowest BCUT2D eigenvalue weighted by Crippen LogP contribution is -2.32. The van der Waals surface area contributed by atoms with Crippen LogP contribution >= 0.6 is 0 Å². The van der Waals surface area contributed by atoms with Crippen molar-refractivity contribution in [3.63, 3.8) is 0 Å². The minimum absolute atomic E-state index is 0.156. The average molecular weight is 939 g/mol. The van der Waals surface area contributed by atoms with Crippen molar-refractivity contribution in [3.05, 3.63) is 0 Å². The van der Waals surface area contributed by atoms with E-state index in [1.54, 1.807) is 0 Å². The molecule has 0 amide bonds. The molecule has 392 valence electrons. The van der Waals surface area contributed by atoms with Gasteiger partial charge in [0.25, 0.3) is 0 Å². The molecule has 0 radical (unpaired) electrons. The van der Waals surface area contributed by atoms with E-state index in [4.69, 9.17) is 40.9 Å². The quantitative estimate of drug-likeness (QED) is 0.0267. The molecule has 13 nitrogen and oxygen atoms in total. The summed E-state index contributed by atoms with van der Waals surface area (Å²) in [4.78, 5) is 50.4. The maximum absolute atomic E-state index is 10.2. The van der Waals surface area contributed by atoms with Crippen LogP contribution in [0.1, 0.15) is 279 Å². The van der Waals surface area contributed by atoms with E-state index in [1.807, 2.05) is 6.92 Å². The van der Waals surface area contributed by atoms with E-state index in [9.17, 15) is 24.0 Å². The van der Waals surface area contributed by atoms with Gasteiger partial charge in [-0.25, -0.2) is 0 Å². The molecule has 0 atom stereocenters. The molecule has 0 bridgehead atoms. The second kappa shape index (κ2) is 65.5. The van der Waals surface area contributed by atoms with Gasteiger partial charge < -0.3 is 40.9 Å². The smallest absolute Gasteiger partial charge is 0.303 e. The standard InChI is InChI=1S/C12H24O2.C10H20O2.3C8H16O2.C6H14O3/c1-2-3-4-5-6-7-8-9-10-11-12(13)14;1-2-3-4-5-6-7-8-9-10(11)12;3*1-2-3-4-5-6-7-8(9)10;1-2-6(3-7,4-8)5-9/h2-11H2,1H3,(H,13,14);2-9H2,1H3,(H,11,12);3*2-7H2,1H3,(H,9,10);7-9H,2-5H2,1H3. The Morgan fingerprint density at radius 2 is 0.400 bits per heavy atom.